The Morgan fingerprint density at radius 1 is 1.00 bits per heavy atom. The molecule has 1 fully saturated rings. The van der Waals surface area contributed by atoms with Gasteiger partial charge in [0.25, 0.3) is 0 Å². The monoisotopic (exact) mass is 358 g/mol. The van der Waals surface area contributed by atoms with E-state index in [1.54, 1.807) is 11.0 Å². The number of nitrogens with zero attached hydrogens (tertiary/aromatic N) is 2. The summed E-state index contributed by atoms with van der Waals surface area (Å²) in [6.45, 7) is 1.14. The Labute approximate surface area is 141 Å². The predicted molar refractivity (Wildman–Crippen MR) is 86.8 cm³/mol. The van der Waals surface area contributed by atoms with Crippen LogP contribution in [0, 0.1) is 0 Å². The molecule has 134 valence electrons. The van der Waals surface area contributed by atoms with Crippen LogP contribution in [-0.4, -0.2) is 77.6 Å². The molecule has 0 aliphatic carbocycles. The lowest BCUT2D eigenvalue weighted by molar-refractivity contribution is -0.136. The van der Waals surface area contributed by atoms with Gasteiger partial charge in [0.15, 0.2) is 0 Å². The van der Waals surface area contributed by atoms with E-state index in [0.29, 0.717) is 24.6 Å². The van der Waals surface area contributed by atoms with Crippen molar-refractivity contribution in [1.82, 2.24) is 9.21 Å². The highest BCUT2D eigenvalue weighted by atomic mass is 32.2. The van der Waals surface area contributed by atoms with Gasteiger partial charge in [0.2, 0.25) is 15.9 Å². The first-order valence-corrected chi connectivity index (χ1v) is 8.86. The summed E-state index contributed by atoms with van der Waals surface area (Å²) in [5.74, 6) is 0.668. The molecule has 0 saturated carbocycles. The van der Waals surface area contributed by atoms with E-state index < -0.39 is 10.0 Å². The van der Waals surface area contributed by atoms with Crippen molar-refractivity contribution in [2.24, 2.45) is 0 Å². The maximum absolute atomic E-state index is 12.8. The van der Waals surface area contributed by atoms with Gasteiger partial charge in [-0.1, -0.05) is 0 Å². The molecule has 0 spiro atoms. The molecule has 1 aliphatic heterocycles. The minimum atomic E-state index is -3.68. The lowest BCUT2D eigenvalue weighted by Crippen LogP contribution is -2.51. The smallest absolute Gasteiger partial charge is 0.248 e. The molecule has 0 bridgehead atoms. The fourth-order valence-electron chi connectivity index (χ4n) is 2.47. The third kappa shape index (κ3) is 3.97. The van der Waals surface area contributed by atoms with Gasteiger partial charge in [0.1, 0.15) is 18.1 Å². The second-order valence-corrected chi connectivity index (χ2v) is 7.20. The van der Waals surface area contributed by atoms with Gasteiger partial charge in [-0.15, -0.1) is 0 Å². The van der Waals surface area contributed by atoms with Crippen molar-refractivity contribution < 1.29 is 27.4 Å². The Hall–Kier alpha value is -1.84. The third-order valence-corrected chi connectivity index (χ3v) is 5.70. The van der Waals surface area contributed by atoms with Crippen LogP contribution in [0.15, 0.2) is 23.1 Å². The second kappa shape index (κ2) is 7.82. The van der Waals surface area contributed by atoms with Crippen molar-refractivity contribution >= 4 is 15.9 Å². The van der Waals surface area contributed by atoms with E-state index in [-0.39, 0.29) is 30.5 Å². The second-order valence-electron chi connectivity index (χ2n) is 5.27. The molecule has 0 atom stereocenters. The van der Waals surface area contributed by atoms with Crippen molar-refractivity contribution in [2.45, 2.75) is 4.90 Å². The Morgan fingerprint density at radius 2 is 1.54 bits per heavy atom. The van der Waals surface area contributed by atoms with Crippen molar-refractivity contribution in [3.05, 3.63) is 18.2 Å². The molecule has 1 amide bonds. The summed E-state index contributed by atoms with van der Waals surface area (Å²) < 4.78 is 42.1. The molecule has 1 aromatic rings. The maximum Gasteiger partial charge on any atom is 0.248 e. The van der Waals surface area contributed by atoms with E-state index in [4.69, 9.17) is 14.2 Å². The average molecular weight is 358 g/mol. The number of methoxy groups -OCH3 is 3. The van der Waals surface area contributed by atoms with Crippen LogP contribution >= 0.6 is 0 Å². The van der Waals surface area contributed by atoms with Crippen molar-refractivity contribution in [2.75, 3.05) is 54.1 Å². The normalized spacial score (nSPS) is 16.0. The van der Waals surface area contributed by atoms with Crippen molar-refractivity contribution in [1.29, 1.82) is 0 Å². The van der Waals surface area contributed by atoms with Crippen LogP contribution in [0.5, 0.6) is 11.5 Å². The topological polar surface area (TPSA) is 85.4 Å². The van der Waals surface area contributed by atoms with Crippen LogP contribution in [0.1, 0.15) is 0 Å². The van der Waals surface area contributed by atoms with Crippen LogP contribution in [-0.2, 0) is 19.6 Å². The van der Waals surface area contributed by atoms with Crippen LogP contribution in [0.4, 0.5) is 0 Å². The summed E-state index contributed by atoms with van der Waals surface area (Å²) in [5, 5.41) is 0. The van der Waals surface area contributed by atoms with E-state index in [0.717, 1.165) is 0 Å². The molecule has 1 aromatic carbocycles. The summed E-state index contributed by atoms with van der Waals surface area (Å²) in [4.78, 5) is 13.5. The molecule has 8 nitrogen and oxygen atoms in total. The fraction of sp³-hybridized carbons (Fsp3) is 0.533. The minimum absolute atomic E-state index is 0.000166. The first kappa shape index (κ1) is 18.5. The Balaban J connectivity index is 2.16. The maximum atomic E-state index is 12.8. The highest BCUT2D eigenvalue weighted by Crippen LogP contribution is 2.28. The molecule has 9 heteroatoms. The zero-order valence-corrected chi connectivity index (χ0v) is 14.8. The number of amides is 1. The van der Waals surface area contributed by atoms with Gasteiger partial charge < -0.3 is 19.1 Å². The van der Waals surface area contributed by atoms with Gasteiger partial charge in [-0.2, -0.15) is 4.31 Å². The summed E-state index contributed by atoms with van der Waals surface area (Å²) >= 11 is 0. The third-order valence-electron chi connectivity index (χ3n) is 3.82. The lowest BCUT2D eigenvalue weighted by atomic mass is 10.3. The highest BCUT2D eigenvalue weighted by Gasteiger charge is 2.30. The summed E-state index contributed by atoms with van der Waals surface area (Å²) in [5.41, 5.74) is 0. The van der Waals surface area contributed by atoms with Crippen molar-refractivity contribution in [3.63, 3.8) is 0 Å². The number of benzene rings is 1. The highest BCUT2D eigenvalue weighted by molar-refractivity contribution is 7.89. The average Bonchev–Trinajstić information content (AvgIpc) is 2.61. The number of hydrogen-bond donors (Lipinski definition) is 0. The van der Waals surface area contributed by atoms with E-state index in [9.17, 15) is 13.2 Å². The molecule has 24 heavy (non-hydrogen) atoms. The van der Waals surface area contributed by atoms with Gasteiger partial charge in [-0.25, -0.2) is 8.42 Å². The number of sulfonamides is 1. The summed E-state index contributed by atoms with van der Waals surface area (Å²) in [6, 6.07) is 4.53. The number of carbonyl (C=O) groups excluding carboxylic acids is 1. The SMILES string of the molecule is COCC(=O)N1CCN(S(=O)(=O)c2cc(OC)cc(OC)c2)CC1. The van der Waals surface area contributed by atoms with E-state index in [2.05, 4.69) is 0 Å². The van der Waals surface area contributed by atoms with Crippen LogP contribution in [0.3, 0.4) is 0 Å². The predicted octanol–water partition coefficient (Wildman–Crippen LogP) is 0.183. The largest absolute Gasteiger partial charge is 0.497 e. The van der Waals surface area contributed by atoms with Crippen LogP contribution in [0.25, 0.3) is 0 Å². The van der Waals surface area contributed by atoms with Crippen molar-refractivity contribution in [3.8, 4) is 11.5 Å². The number of hydrogen-bond acceptors (Lipinski definition) is 6. The zero-order chi connectivity index (χ0) is 17.7. The number of carbonyl (C=O) groups is 1. The van der Waals surface area contributed by atoms with E-state index >= 15 is 0 Å². The molecule has 1 aliphatic rings. The van der Waals surface area contributed by atoms with Gasteiger partial charge in [0, 0.05) is 51.5 Å². The Morgan fingerprint density at radius 3 is 2.00 bits per heavy atom. The van der Waals surface area contributed by atoms with Crippen LogP contribution in [0.2, 0.25) is 0 Å². The molecular formula is C15H22N2O6S. The molecule has 0 radical (unpaired) electrons. The minimum Gasteiger partial charge on any atom is -0.497 e. The standard InChI is InChI=1S/C15H22N2O6S/c1-21-11-15(18)16-4-6-17(7-5-16)24(19,20)14-9-12(22-2)8-13(10-14)23-3/h8-10H,4-7,11H2,1-3H3. The number of piperazine rings is 1. The van der Waals surface area contributed by atoms with E-state index in [1.807, 2.05) is 0 Å². The quantitative estimate of drug-likeness (QED) is 0.721. The van der Waals surface area contributed by atoms with E-state index in [1.165, 1.54) is 37.8 Å². The Bertz CT molecular complexity index is 661. The van der Waals surface area contributed by atoms with Gasteiger partial charge >= 0.3 is 0 Å². The fourth-order valence-corrected chi connectivity index (χ4v) is 3.94. The number of ether oxygens (including phenoxy) is 3. The first-order chi connectivity index (χ1) is 11.4. The molecule has 0 N–H and O–H groups in total. The first-order valence-electron chi connectivity index (χ1n) is 7.42. The molecule has 0 unspecified atom stereocenters. The molecule has 2 rings (SSSR count). The molecule has 1 saturated heterocycles. The zero-order valence-electron chi connectivity index (χ0n) is 14.0. The van der Waals surface area contributed by atoms with Gasteiger partial charge in [-0.3, -0.25) is 4.79 Å². The van der Waals surface area contributed by atoms with Crippen LogP contribution < -0.4 is 9.47 Å². The number of rotatable bonds is 6. The van der Waals surface area contributed by atoms with Gasteiger partial charge in [0.05, 0.1) is 19.1 Å². The van der Waals surface area contributed by atoms with Gasteiger partial charge in [-0.05, 0) is 0 Å². The lowest BCUT2D eigenvalue weighted by Gasteiger charge is -2.34. The molecule has 1 heterocycles. The summed E-state index contributed by atoms with van der Waals surface area (Å²) in [6.07, 6.45) is 0. The Kier molecular flexibility index (Phi) is 6.03. The molecule has 0 aromatic heterocycles. The summed E-state index contributed by atoms with van der Waals surface area (Å²) in [7, 11) is 0.696. The molecular weight excluding hydrogens is 336 g/mol.